The Balaban J connectivity index is 1.42. The van der Waals surface area contributed by atoms with Gasteiger partial charge in [0, 0.05) is 11.5 Å². The van der Waals surface area contributed by atoms with Gasteiger partial charge in [-0.1, -0.05) is 37.5 Å². The fraction of sp³-hybridized carbons (Fsp3) is 0.292. The number of amides is 1. The minimum absolute atomic E-state index is 0.0174. The van der Waals surface area contributed by atoms with Crippen LogP contribution < -0.4 is 0 Å². The molecule has 1 fully saturated rings. The van der Waals surface area contributed by atoms with Gasteiger partial charge >= 0.3 is 5.97 Å². The zero-order valence-corrected chi connectivity index (χ0v) is 18.9. The van der Waals surface area contributed by atoms with Gasteiger partial charge < -0.3 is 9.15 Å². The second kappa shape index (κ2) is 8.82. The number of fused-ring (bicyclic) bond motifs is 1. The summed E-state index contributed by atoms with van der Waals surface area (Å²) in [5.41, 5.74) is 1.06. The maximum Gasteiger partial charge on any atom is 0.338 e. The van der Waals surface area contributed by atoms with Crippen LogP contribution in [-0.4, -0.2) is 40.0 Å². The molecule has 0 unspecified atom stereocenters. The number of hydrogen-bond donors (Lipinski definition) is 1. The Labute approximate surface area is 194 Å². The number of thioether (sulfide) groups is 1. The monoisotopic (exact) mass is 462 g/mol. The van der Waals surface area contributed by atoms with Crippen molar-refractivity contribution in [1.29, 1.82) is 5.41 Å². The van der Waals surface area contributed by atoms with Gasteiger partial charge in [0.05, 0.1) is 18.2 Å². The van der Waals surface area contributed by atoms with Crippen molar-refractivity contribution in [3.05, 3.63) is 53.3 Å². The van der Waals surface area contributed by atoms with E-state index in [0.717, 1.165) is 17.9 Å². The van der Waals surface area contributed by atoms with Gasteiger partial charge in [-0.05, 0) is 48.9 Å². The first-order chi connectivity index (χ1) is 16.0. The van der Waals surface area contributed by atoms with Crippen molar-refractivity contribution in [2.45, 2.75) is 32.1 Å². The van der Waals surface area contributed by atoms with Crippen molar-refractivity contribution in [2.24, 2.45) is 16.0 Å². The Bertz CT molecular complexity index is 1240. The number of hydrazone groups is 1. The molecule has 1 N–H and O–H groups in total. The van der Waals surface area contributed by atoms with E-state index in [9.17, 15) is 9.59 Å². The van der Waals surface area contributed by atoms with Gasteiger partial charge in [-0.3, -0.25) is 10.2 Å². The number of hydrogen-bond acceptors (Lipinski definition) is 7. The van der Waals surface area contributed by atoms with Crippen molar-refractivity contribution >= 4 is 45.8 Å². The molecule has 0 bridgehead atoms. The molecule has 33 heavy (non-hydrogen) atoms. The van der Waals surface area contributed by atoms with Crippen LogP contribution in [0.3, 0.4) is 0 Å². The summed E-state index contributed by atoms with van der Waals surface area (Å²) in [4.78, 5) is 29.0. The second-order valence-electron chi connectivity index (χ2n) is 8.03. The number of furan rings is 1. The van der Waals surface area contributed by atoms with E-state index in [4.69, 9.17) is 14.6 Å². The quantitative estimate of drug-likeness (QED) is 0.510. The van der Waals surface area contributed by atoms with E-state index in [-0.39, 0.29) is 11.4 Å². The molecule has 9 heteroatoms. The summed E-state index contributed by atoms with van der Waals surface area (Å²) in [6.45, 7) is 0. The highest BCUT2D eigenvalue weighted by atomic mass is 32.2. The lowest BCUT2D eigenvalue weighted by molar-refractivity contribution is -0.114. The van der Waals surface area contributed by atoms with E-state index in [1.165, 1.54) is 49.2 Å². The van der Waals surface area contributed by atoms with Crippen molar-refractivity contribution in [1.82, 2.24) is 5.01 Å². The Morgan fingerprint density at radius 3 is 2.79 bits per heavy atom. The van der Waals surface area contributed by atoms with Gasteiger partial charge in [-0.2, -0.15) is 15.1 Å². The van der Waals surface area contributed by atoms with E-state index in [0.29, 0.717) is 33.7 Å². The smallest absolute Gasteiger partial charge is 0.338 e. The number of carbonyl (C=O) groups excluding carboxylic acids is 2. The van der Waals surface area contributed by atoms with Gasteiger partial charge in [0.15, 0.2) is 5.84 Å². The molecule has 1 aromatic heterocycles. The Morgan fingerprint density at radius 1 is 1.21 bits per heavy atom. The van der Waals surface area contributed by atoms with Crippen LogP contribution in [0.1, 0.15) is 48.2 Å². The molecule has 5 rings (SSSR count). The van der Waals surface area contributed by atoms with E-state index >= 15 is 0 Å². The van der Waals surface area contributed by atoms with Gasteiger partial charge in [0.25, 0.3) is 5.91 Å². The topological polar surface area (TPSA) is 108 Å². The summed E-state index contributed by atoms with van der Waals surface area (Å²) in [6.07, 6.45) is 7.26. The second-order valence-corrected chi connectivity index (χ2v) is 9.02. The van der Waals surface area contributed by atoms with Crippen LogP contribution in [0.25, 0.3) is 17.4 Å². The molecule has 1 aliphatic carbocycles. The number of benzene rings is 1. The number of nitrogens with one attached hydrogen (secondary N) is 1. The molecule has 2 aromatic rings. The average Bonchev–Trinajstić information content (AvgIpc) is 3.49. The molecular weight excluding hydrogens is 440 g/mol. The fourth-order valence-corrected chi connectivity index (χ4v) is 5.28. The maximum absolute atomic E-state index is 12.7. The summed E-state index contributed by atoms with van der Waals surface area (Å²) in [5, 5.41) is 16.0. The molecular formula is C24H22N4O4S. The number of aliphatic imine (C=N–C) groups is 1. The molecule has 1 amide bonds. The predicted molar refractivity (Wildman–Crippen MR) is 127 cm³/mol. The first kappa shape index (κ1) is 21.4. The summed E-state index contributed by atoms with van der Waals surface area (Å²) >= 11 is 1.39. The Kier molecular flexibility index (Phi) is 5.72. The van der Waals surface area contributed by atoms with Crippen LogP contribution in [0.15, 0.2) is 56.5 Å². The molecule has 168 valence electrons. The lowest BCUT2D eigenvalue weighted by atomic mass is 9.90. The number of carbonyl (C=O) groups is 2. The lowest BCUT2D eigenvalue weighted by Crippen LogP contribution is -2.35. The lowest BCUT2D eigenvalue weighted by Gasteiger charge is -2.20. The Morgan fingerprint density at radius 2 is 2.00 bits per heavy atom. The van der Waals surface area contributed by atoms with Crippen molar-refractivity contribution in [3.8, 4) is 11.3 Å². The Hall–Kier alpha value is -3.46. The predicted octanol–water partition coefficient (Wildman–Crippen LogP) is 4.93. The van der Waals surface area contributed by atoms with Gasteiger partial charge in [-0.15, -0.1) is 0 Å². The third-order valence-electron chi connectivity index (χ3n) is 5.94. The van der Waals surface area contributed by atoms with Crippen LogP contribution >= 0.6 is 11.8 Å². The maximum atomic E-state index is 12.7. The molecule has 3 aliphatic rings. The minimum atomic E-state index is -0.494. The fourth-order valence-electron chi connectivity index (χ4n) is 4.22. The van der Waals surface area contributed by atoms with E-state index in [2.05, 4.69) is 10.1 Å². The zero-order valence-electron chi connectivity index (χ0n) is 18.0. The summed E-state index contributed by atoms with van der Waals surface area (Å²) < 4.78 is 10.7. The summed E-state index contributed by atoms with van der Waals surface area (Å²) in [7, 11) is 1.32. The number of rotatable bonds is 4. The third-order valence-corrected chi connectivity index (χ3v) is 7.01. The van der Waals surface area contributed by atoms with Crippen molar-refractivity contribution < 1.29 is 18.7 Å². The number of esters is 1. The van der Waals surface area contributed by atoms with E-state index < -0.39 is 11.9 Å². The van der Waals surface area contributed by atoms with E-state index in [1.807, 2.05) is 0 Å². The largest absolute Gasteiger partial charge is 0.465 e. The standard InChI is InChI=1S/C24H22N4O4S/c1-31-23(30)17-10-6-5-9-16(17)19-12-11-15(32-19)13-18-20(25)28-24(26-21(18)29)33-22(27-28)14-7-3-2-4-8-14/h5-6,9-14,25H,2-4,7-8H2,1H3/b18-13+,25-20?. The SMILES string of the molecule is COC(=O)c1ccccc1-c1ccc(/C=C2\C(=N)N3N=C(C4CCCCC4)SC3=NC2=O)o1. The molecule has 0 radical (unpaired) electrons. The van der Waals surface area contributed by atoms with Crippen LogP contribution in [0.5, 0.6) is 0 Å². The number of methoxy groups -OCH3 is 1. The molecule has 0 spiro atoms. The third kappa shape index (κ3) is 4.04. The van der Waals surface area contributed by atoms with E-state index in [1.54, 1.807) is 36.4 Å². The number of nitrogens with zero attached hydrogens (tertiary/aromatic N) is 3. The molecule has 0 atom stereocenters. The number of ether oxygens (including phenoxy) is 1. The van der Waals surface area contributed by atoms with Crippen LogP contribution in [0.2, 0.25) is 0 Å². The van der Waals surface area contributed by atoms with Crippen molar-refractivity contribution in [3.63, 3.8) is 0 Å². The van der Waals surface area contributed by atoms with Gasteiger partial charge in [0.1, 0.15) is 16.6 Å². The molecule has 3 heterocycles. The highest BCUT2D eigenvalue weighted by molar-refractivity contribution is 8.27. The summed E-state index contributed by atoms with van der Waals surface area (Å²) in [6, 6.07) is 10.4. The first-order valence-corrected chi connectivity index (χ1v) is 11.6. The number of amidine groups is 2. The molecule has 8 nitrogen and oxygen atoms in total. The first-order valence-electron chi connectivity index (χ1n) is 10.8. The zero-order chi connectivity index (χ0) is 22.9. The highest BCUT2D eigenvalue weighted by Gasteiger charge is 2.38. The van der Waals surface area contributed by atoms with Crippen molar-refractivity contribution in [2.75, 3.05) is 7.11 Å². The molecule has 1 saturated carbocycles. The van der Waals surface area contributed by atoms with Crippen LogP contribution in [0, 0.1) is 11.3 Å². The van der Waals surface area contributed by atoms with Crippen LogP contribution in [-0.2, 0) is 9.53 Å². The average molecular weight is 463 g/mol. The normalized spacial score (nSPS) is 20.0. The molecule has 2 aliphatic heterocycles. The summed E-state index contributed by atoms with van der Waals surface area (Å²) in [5.74, 6) is 0.222. The van der Waals surface area contributed by atoms with Gasteiger partial charge in [0.2, 0.25) is 5.17 Å². The van der Waals surface area contributed by atoms with Crippen LogP contribution in [0.4, 0.5) is 0 Å². The van der Waals surface area contributed by atoms with Gasteiger partial charge in [-0.25, -0.2) is 4.79 Å². The molecule has 1 aromatic carbocycles. The highest BCUT2D eigenvalue weighted by Crippen LogP contribution is 2.36. The minimum Gasteiger partial charge on any atom is -0.465 e. The molecule has 0 saturated heterocycles.